The zero-order valence-electron chi connectivity index (χ0n) is 11.3. The molecule has 1 unspecified atom stereocenters. The lowest BCUT2D eigenvalue weighted by atomic mass is 10.2. The van der Waals surface area contributed by atoms with Gasteiger partial charge in [0, 0.05) is 19.1 Å². The Hall–Kier alpha value is -1.08. The van der Waals surface area contributed by atoms with Crippen LogP contribution >= 0.6 is 11.8 Å². The summed E-state index contributed by atoms with van der Waals surface area (Å²) in [4.78, 5) is 10.7. The minimum atomic E-state index is -0.823. The lowest BCUT2D eigenvalue weighted by Crippen LogP contribution is -2.13. The van der Waals surface area contributed by atoms with Crippen LogP contribution in [0, 0.1) is 0 Å². The number of rotatable bonds is 7. The first-order chi connectivity index (χ1) is 9.74. The molecule has 1 atom stereocenters. The van der Waals surface area contributed by atoms with Crippen molar-refractivity contribution in [1.82, 2.24) is 14.8 Å². The molecule has 2 fully saturated rings. The number of hydrogen-bond donors (Lipinski definition) is 1. The molecule has 7 heteroatoms. The van der Waals surface area contributed by atoms with Crippen LogP contribution in [0.3, 0.4) is 0 Å². The van der Waals surface area contributed by atoms with E-state index < -0.39 is 5.97 Å². The van der Waals surface area contributed by atoms with E-state index in [1.54, 1.807) is 0 Å². The molecule has 0 amide bonds. The number of carbonyl (C=O) groups is 1. The zero-order valence-corrected chi connectivity index (χ0v) is 12.1. The van der Waals surface area contributed by atoms with E-state index in [-0.39, 0.29) is 5.75 Å². The summed E-state index contributed by atoms with van der Waals surface area (Å²) in [7, 11) is 0. The van der Waals surface area contributed by atoms with Crippen molar-refractivity contribution >= 4 is 17.7 Å². The Balaban J connectivity index is 1.67. The second-order valence-corrected chi connectivity index (χ2v) is 6.32. The molecule has 110 valence electrons. The van der Waals surface area contributed by atoms with Crippen molar-refractivity contribution in [2.45, 2.75) is 55.8 Å². The van der Waals surface area contributed by atoms with Crippen LogP contribution in [0.1, 0.15) is 43.8 Å². The summed E-state index contributed by atoms with van der Waals surface area (Å²) < 4.78 is 7.75. The fraction of sp³-hybridized carbons (Fsp3) is 0.769. The Morgan fingerprint density at radius 3 is 2.90 bits per heavy atom. The molecular formula is C13H19N3O3S. The SMILES string of the molecule is O=C(O)CSc1nnc(C2CC2)n1CCC1CCCO1. The number of thioether (sulfide) groups is 1. The first-order valence-corrected chi connectivity index (χ1v) is 8.12. The Bertz CT molecular complexity index is 481. The van der Waals surface area contributed by atoms with Crippen molar-refractivity contribution in [1.29, 1.82) is 0 Å². The maximum atomic E-state index is 10.7. The number of hydrogen-bond acceptors (Lipinski definition) is 5. The highest BCUT2D eigenvalue weighted by atomic mass is 32.2. The van der Waals surface area contributed by atoms with E-state index in [1.165, 1.54) is 24.6 Å². The van der Waals surface area contributed by atoms with Gasteiger partial charge in [0.15, 0.2) is 5.16 Å². The average Bonchev–Trinajstić information content (AvgIpc) is 2.99. The monoisotopic (exact) mass is 297 g/mol. The van der Waals surface area contributed by atoms with Gasteiger partial charge in [-0.2, -0.15) is 0 Å². The Morgan fingerprint density at radius 1 is 1.40 bits per heavy atom. The fourth-order valence-electron chi connectivity index (χ4n) is 2.53. The minimum absolute atomic E-state index is 0.0305. The predicted octanol–water partition coefficient (Wildman–Crippen LogP) is 1.90. The Labute approximate surface area is 121 Å². The van der Waals surface area contributed by atoms with Crippen LogP contribution in [-0.4, -0.2) is 44.3 Å². The summed E-state index contributed by atoms with van der Waals surface area (Å²) in [5.74, 6) is 0.752. The second kappa shape index (κ2) is 6.13. The van der Waals surface area contributed by atoms with Gasteiger partial charge in [-0.3, -0.25) is 4.79 Å². The summed E-state index contributed by atoms with van der Waals surface area (Å²) in [5, 5.41) is 18.0. The molecule has 0 aromatic carbocycles. The molecule has 1 aromatic rings. The number of carboxylic acid groups (broad SMARTS) is 1. The summed E-state index contributed by atoms with van der Waals surface area (Å²) in [6.07, 6.45) is 5.89. The van der Waals surface area contributed by atoms with Crippen LogP contribution in [0.5, 0.6) is 0 Å². The van der Waals surface area contributed by atoms with Crippen LogP contribution in [0.15, 0.2) is 5.16 Å². The van der Waals surface area contributed by atoms with Gasteiger partial charge in [-0.05, 0) is 32.1 Å². The normalized spacial score (nSPS) is 22.3. The highest BCUT2D eigenvalue weighted by molar-refractivity contribution is 7.99. The number of nitrogens with zero attached hydrogens (tertiary/aromatic N) is 3. The van der Waals surface area contributed by atoms with Crippen molar-refractivity contribution in [2.75, 3.05) is 12.4 Å². The molecule has 0 bridgehead atoms. The molecule has 0 radical (unpaired) electrons. The number of ether oxygens (including phenoxy) is 1. The van der Waals surface area contributed by atoms with E-state index in [1.807, 2.05) is 0 Å². The number of aromatic nitrogens is 3. The maximum Gasteiger partial charge on any atom is 0.313 e. The lowest BCUT2D eigenvalue weighted by molar-refractivity contribution is -0.133. The quantitative estimate of drug-likeness (QED) is 0.775. The van der Waals surface area contributed by atoms with Crippen molar-refractivity contribution in [3.05, 3.63) is 5.82 Å². The smallest absolute Gasteiger partial charge is 0.313 e. The molecule has 6 nitrogen and oxygen atoms in total. The average molecular weight is 297 g/mol. The van der Waals surface area contributed by atoms with Gasteiger partial charge in [-0.1, -0.05) is 11.8 Å². The molecule has 20 heavy (non-hydrogen) atoms. The first kappa shape index (κ1) is 13.9. The number of carboxylic acids is 1. The van der Waals surface area contributed by atoms with Crippen LogP contribution in [0.4, 0.5) is 0 Å². The fourth-order valence-corrected chi connectivity index (χ4v) is 3.22. The predicted molar refractivity (Wildman–Crippen MR) is 73.9 cm³/mol. The lowest BCUT2D eigenvalue weighted by Gasteiger charge is -2.12. The third-order valence-corrected chi connectivity index (χ3v) is 4.66. The van der Waals surface area contributed by atoms with Crippen molar-refractivity contribution in [3.63, 3.8) is 0 Å². The largest absolute Gasteiger partial charge is 0.481 e. The molecule has 1 N–H and O–H groups in total. The number of aliphatic carboxylic acids is 1. The molecule has 3 rings (SSSR count). The van der Waals surface area contributed by atoms with Crippen molar-refractivity contribution in [3.8, 4) is 0 Å². The molecule has 2 heterocycles. The summed E-state index contributed by atoms with van der Waals surface area (Å²) >= 11 is 1.25. The third-order valence-electron chi connectivity index (χ3n) is 3.71. The van der Waals surface area contributed by atoms with E-state index in [9.17, 15) is 4.79 Å². The van der Waals surface area contributed by atoms with Gasteiger partial charge in [0.05, 0.1) is 11.9 Å². The van der Waals surface area contributed by atoms with Gasteiger partial charge in [-0.15, -0.1) is 10.2 Å². The van der Waals surface area contributed by atoms with Gasteiger partial charge >= 0.3 is 5.97 Å². The van der Waals surface area contributed by atoms with Gasteiger partial charge in [0.25, 0.3) is 0 Å². The van der Waals surface area contributed by atoms with Crippen LogP contribution in [0.25, 0.3) is 0 Å². The van der Waals surface area contributed by atoms with Crippen molar-refractivity contribution in [2.24, 2.45) is 0 Å². The molecule has 1 aliphatic carbocycles. The van der Waals surface area contributed by atoms with Crippen LogP contribution in [-0.2, 0) is 16.1 Å². The first-order valence-electron chi connectivity index (χ1n) is 7.13. The molecule has 1 aliphatic heterocycles. The Kier molecular flexibility index (Phi) is 4.26. The van der Waals surface area contributed by atoms with E-state index in [0.717, 1.165) is 43.4 Å². The maximum absolute atomic E-state index is 10.7. The highest BCUT2D eigenvalue weighted by Gasteiger charge is 2.30. The minimum Gasteiger partial charge on any atom is -0.481 e. The molecule has 0 spiro atoms. The molecule has 1 saturated carbocycles. The van der Waals surface area contributed by atoms with E-state index in [2.05, 4.69) is 14.8 Å². The second-order valence-electron chi connectivity index (χ2n) is 5.37. The molecule has 1 saturated heterocycles. The van der Waals surface area contributed by atoms with Gasteiger partial charge < -0.3 is 14.4 Å². The zero-order chi connectivity index (χ0) is 13.9. The standard InChI is InChI=1S/C13H19N3O3S/c17-11(18)8-20-13-15-14-12(9-3-4-9)16(13)6-5-10-2-1-7-19-10/h9-10H,1-8H2,(H,17,18). The van der Waals surface area contributed by atoms with Gasteiger partial charge in [0.2, 0.25) is 0 Å². The summed E-state index contributed by atoms with van der Waals surface area (Å²) in [6.45, 7) is 1.69. The van der Waals surface area contributed by atoms with Crippen LogP contribution < -0.4 is 0 Å². The topological polar surface area (TPSA) is 77.2 Å². The van der Waals surface area contributed by atoms with Gasteiger partial charge in [0.1, 0.15) is 5.82 Å². The van der Waals surface area contributed by atoms with E-state index in [0.29, 0.717) is 12.0 Å². The molecule has 1 aromatic heterocycles. The molecule has 2 aliphatic rings. The van der Waals surface area contributed by atoms with E-state index >= 15 is 0 Å². The third kappa shape index (κ3) is 3.32. The van der Waals surface area contributed by atoms with E-state index in [4.69, 9.17) is 9.84 Å². The highest BCUT2D eigenvalue weighted by Crippen LogP contribution is 2.40. The Morgan fingerprint density at radius 2 is 2.25 bits per heavy atom. The molecular weight excluding hydrogens is 278 g/mol. The van der Waals surface area contributed by atoms with Crippen molar-refractivity contribution < 1.29 is 14.6 Å². The van der Waals surface area contributed by atoms with Gasteiger partial charge in [-0.25, -0.2) is 0 Å². The summed E-state index contributed by atoms with van der Waals surface area (Å²) in [5.41, 5.74) is 0. The van der Waals surface area contributed by atoms with Crippen LogP contribution in [0.2, 0.25) is 0 Å². The summed E-state index contributed by atoms with van der Waals surface area (Å²) in [6, 6.07) is 0.